The van der Waals surface area contributed by atoms with Crippen molar-refractivity contribution in [3.63, 3.8) is 0 Å². The third-order valence-electron chi connectivity index (χ3n) is 4.12. The minimum atomic E-state index is -3.75. The molecule has 1 saturated carbocycles. The first-order valence-corrected chi connectivity index (χ1v) is 8.63. The van der Waals surface area contributed by atoms with Crippen molar-refractivity contribution in [2.45, 2.75) is 43.5 Å². The lowest BCUT2D eigenvalue weighted by Gasteiger charge is -2.38. The van der Waals surface area contributed by atoms with Gasteiger partial charge in [-0.25, -0.2) is 13.1 Å². The van der Waals surface area contributed by atoms with Crippen molar-refractivity contribution in [1.29, 1.82) is 0 Å². The van der Waals surface area contributed by atoms with E-state index in [0.29, 0.717) is 17.9 Å². The van der Waals surface area contributed by atoms with Crippen LogP contribution in [0.4, 0.5) is 0 Å². The fourth-order valence-electron chi connectivity index (χ4n) is 2.65. The molecule has 21 heavy (non-hydrogen) atoms. The van der Waals surface area contributed by atoms with Gasteiger partial charge in [-0.1, -0.05) is 24.4 Å². The number of carbonyl (C=O) groups is 1. The molecule has 1 aromatic rings. The molecule has 1 fully saturated rings. The summed E-state index contributed by atoms with van der Waals surface area (Å²) in [6.07, 6.45) is 2.60. The second-order valence-corrected chi connectivity index (χ2v) is 7.75. The Labute approximate surface area is 129 Å². The van der Waals surface area contributed by atoms with E-state index in [1.54, 1.807) is 6.92 Å². The van der Waals surface area contributed by atoms with Gasteiger partial charge in [-0.05, 0) is 44.0 Å². The van der Waals surface area contributed by atoms with E-state index in [9.17, 15) is 18.3 Å². The summed E-state index contributed by atoms with van der Waals surface area (Å²) in [6, 6.07) is 5.20. The van der Waals surface area contributed by atoms with Gasteiger partial charge in [0.1, 0.15) is 0 Å². The average molecular weight is 332 g/mol. The normalized spacial score (nSPS) is 26.5. The molecule has 0 bridgehead atoms. The van der Waals surface area contributed by atoms with Gasteiger partial charge in [-0.15, -0.1) is 0 Å². The summed E-state index contributed by atoms with van der Waals surface area (Å²) in [5.41, 5.74) is -1.07. The van der Waals surface area contributed by atoms with Crippen LogP contribution in [0.5, 0.6) is 0 Å². The highest BCUT2D eigenvalue weighted by Crippen LogP contribution is 2.37. The van der Waals surface area contributed by atoms with Crippen LogP contribution in [0.2, 0.25) is 5.02 Å². The molecule has 0 aromatic heterocycles. The van der Waals surface area contributed by atoms with Crippen molar-refractivity contribution >= 4 is 27.6 Å². The molecule has 2 atom stereocenters. The Bertz CT molecular complexity index is 629. The van der Waals surface area contributed by atoms with E-state index in [-0.39, 0.29) is 4.90 Å². The Morgan fingerprint density at radius 1 is 1.33 bits per heavy atom. The first kappa shape index (κ1) is 16.3. The van der Waals surface area contributed by atoms with Crippen LogP contribution in [-0.2, 0) is 14.8 Å². The number of hydrogen-bond acceptors (Lipinski definition) is 3. The SMILES string of the molecule is CC1(C(=O)O)CCCCC1NS(=O)(=O)c1ccc(Cl)cc1. The van der Waals surface area contributed by atoms with Gasteiger partial charge < -0.3 is 5.11 Å². The Balaban J connectivity index is 2.26. The number of rotatable bonds is 4. The Hall–Kier alpha value is -1.11. The maximum absolute atomic E-state index is 12.4. The molecular formula is C14H18ClNO4S. The standard InChI is InChI=1S/C14H18ClNO4S/c1-14(13(17)18)9-3-2-4-12(14)16-21(19,20)11-7-5-10(15)6-8-11/h5-8,12,16H,2-4,9H2,1H3,(H,17,18). The topological polar surface area (TPSA) is 83.5 Å². The van der Waals surface area contributed by atoms with Gasteiger partial charge in [0, 0.05) is 11.1 Å². The molecule has 0 radical (unpaired) electrons. The fourth-order valence-corrected chi connectivity index (χ4v) is 4.16. The number of benzene rings is 1. The molecule has 0 amide bonds. The largest absolute Gasteiger partial charge is 0.481 e. The van der Waals surface area contributed by atoms with E-state index < -0.39 is 27.4 Å². The van der Waals surface area contributed by atoms with Crippen LogP contribution in [0.25, 0.3) is 0 Å². The van der Waals surface area contributed by atoms with Crippen LogP contribution < -0.4 is 4.72 Å². The van der Waals surface area contributed by atoms with Crippen LogP contribution >= 0.6 is 11.6 Å². The molecule has 0 aliphatic heterocycles. The Morgan fingerprint density at radius 3 is 2.52 bits per heavy atom. The lowest BCUT2D eigenvalue weighted by atomic mass is 9.72. The number of sulfonamides is 1. The smallest absolute Gasteiger partial charge is 0.310 e. The first-order valence-electron chi connectivity index (χ1n) is 6.77. The third-order valence-corrected chi connectivity index (χ3v) is 5.86. The minimum absolute atomic E-state index is 0.0882. The maximum atomic E-state index is 12.4. The van der Waals surface area contributed by atoms with Crippen molar-refractivity contribution in [3.8, 4) is 0 Å². The summed E-state index contributed by atoms with van der Waals surface area (Å²) in [5.74, 6) is -0.967. The number of aliphatic carboxylic acids is 1. The summed E-state index contributed by atoms with van der Waals surface area (Å²) >= 11 is 5.75. The predicted octanol–water partition coefficient (Wildman–Crippen LogP) is 2.65. The molecule has 1 aromatic carbocycles. The number of nitrogens with one attached hydrogen (secondary N) is 1. The van der Waals surface area contributed by atoms with Crippen LogP contribution in [0, 0.1) is 5.41 Å². The monoisotopic (exact) mass is 331 g/mol. The van der Waals surface area contributed by atoms with Gasteiger partial charge in [0.15, 0.2) is 0 Å². The van der Waals surface area contributed by atoms with Gasteiger partial charge in [0.2, 0.25) is 10.0 Å². The molecule has 2 unspecified atom stereocenters. The molecule has 5 nitrogen and oxygen atoms in total. The maximum Gasteiger partial charge on any atom is 0.310 e. The summed E-state index contributed by atoms with van der Waals surface area (Å²) < 4.78 is 27.3. The fraction of sp³-hybridized carbons (Fsp3) is 0.500. The molecular weight excluding hydrogens is 314 g/mol. The summed E-state index contributed by atoms with van der Waals surface area (Å²) in [7, 11) is -3.75. The summed E-state index contributed by atoms with van der Waals surface area (Å²) in [5, 5.41) is 9.87. The highest BCUT2D eigenvalue weighted by atomic mass is 35.5. The van der Waals surface area contributed by atoms with Crippen molar-refractivity contribution in [1.82, 2.24) is 4.72 Å². The van der Waals surface area contributed by atoms with Gasteiger partial charge in [0.05, 0.1) is 10.3 Å². The van der Waals surface area contributed by atoms with Crippen molar-refractivity contribution in [2.24, 2.45) is 5.41 Å². The zero-order valence-corrected chi connectivity index (χ0v) is 13.2. The minimum Gasteiger partial charge on any atom is -0.481 e. The highest BCUT2D eigenvalue weighted by Gasteiger charge is 2.44. The second kappa shape index (κ2) is 5.94. The van der Waals surface area contributed by atoms with E-state index in [4.69, 9.17) is 11.6 Å². The van der Waals surface area contributed by atoms with Crippen LogP contribution in [-0.4, -0.2) is 25.5 Å². The van der Waals surface area contributed by atoms with Crippen molar-refractivity contribution in [2.75, 3.05) is 0 Å². The van der Waals surface area contributed by atoms with Gasteiger partial charge in [0.25, 0.3) is 0 Å². The second-order valence-electron chi connectivity index (χ2n) is 5.60. The predicted molar refractivity (Wildman–Crippen MR) is 79.8 cm³/mol. The molecule has 0 saturated heterocycles. The molecule has 0 heterocycles. The van der Waals surface area contributed by atoms with Crippen LogP contribution in [0.15, 0.2) is 29.2 Å². The molecule has 0 spiro atoms. The molecule has 7 heteroatoms. The van der Waals surface area contributed by atoms with Crippen molar-refractivity contribution < 1.29 is 18.3 Å². The molecule has 116 valence electrons. The third kappa shape index (κ3) is 3.39. The molecule has 2 N–H and O–H groups in total. The number of hydrogen-bond donors (Lipinski definition) is 2. The lowest BCUT2D eigenvalue weighted by molar-refractivity contribution is -0.151. The number of carboxylic acid groups (broad SMARTS) is 1. The molecule has 2 rings (SSSR count). The average Bonchev–Trinajstić information content (AvgIpc) is 2.41. The van der Waals surface area contributed by atoms with Gasteiger partial charge >= 0.3 is 5.97 Å². The van der Waals surface area contributed by atoms with Gasteiger partial charge in [-0.2, -0.15) is 0 Å². The highest BCUT2D eigenvalue weighted by molar-refractivity contribution is 7.89. The summed E-state index contributed by atoms with van der Waals surface area (Å²) in [6.45, 7) is 1.60. The number of halogens is 1. The quantitative estimate of drug-likeness (QED) is 0.888. The van der Waals surface area contributed by atoms with E-state index in [0.717, 1.165) is 12.8 Å². The Morgan fingerprint density at radius 2 is 1.95 bits per heavy atom. The Kier molecular flexibility index (Phi) is 4.60. The zero-order valence-electron chi connectivity index (χ0n) is 11.7. The van der Waals surface area contributed by atoms with Crippen LogP contribution in [0.1, 0.15) is 32.6 Å². The first-order chi connectivity index (χ1) is 9.75. The van der Waals surface area contributed by atoms with E-state index in [1.165, 1.54) is 24.3 Å². The summed E-state index contributed by atoms with van der Waals surface area (Å²) in [4.78, 5) is 11.6. The van der Waals surface area contributed by atoms with Crippen molar-refractivity contribution in [3.05, 3.63) is 29.3 Å². The van der Waals surface area contributed by atoms with E-state index in [2.05, 4.69) is 4.72 Å². The molecule has 1 aliphatic rings. The number of carboxylic acids is 1. The lowest BCUT2D eigenvalue weighted by Crippen LogP contribution is -2.52. The zero-order chi connectivity index (χ0) is 15.7. The van der Waals surface area contributed by atoms with E-state index >= 15 is 0 Å². The van der Waals surface area contributed by atoms with Gasteiger partial charge in [-0.3, -0.25) is 4.79 Å². The van der Waals surface area contributed by atoms with E-state index in [1.807, 2.05) is 0 Å². The molecule has 1 aliphatic carbocycles. The van der Waals surface area contributed by atoms with Crippen LogP contribution in [0.3, 0.4) is 0 Å².